The first-order valence-corrected chi connectivity index (χ1v) is 7.23. The Labute approximate surface area is 109 Å². The fourth-order valence-electron chi connectivity index (χ4n) is 3.02. The van der Waals surface area contributed by atoms with E-state index in [4.69, 9.17) is 0 Å². The van der Waals surface area contributed by atoms with Crippen LogP contribution >= 0.6 is 0 Å². The van der Waals surface area contributed by atoms with E-state index >= 15 is 0 Å². The molecule has 0 radical (unpaired) electrons. The van der Waals surface area contributed by atoms with Crippen LogP contribution in [0.3, 0.4) is 0 Å². The molecule has 18 heavy (non-hydrogen) atoms. The lowest BCUT2D eigenvalue weighted by Crippen LogP contribution is -2.36. The predicted octanol–water partition coefficient (Wildman–Crippen LogP) is 1.46. The van der Waals surface area contributed by atoms with Crippen LogP contribution in [0.5, 0.6) is 0 Å². The monoisotopic (exact) mass is 252 g/mol. The number of amides is 2. The Kier molecular flexibility index (Phi) is 4.61. The fourth-order valence-corrected chi connectivity index (χ4v) is 3.02. The van der Waals surface area contributed by atoms with Gasteiger partial charge in [-0.15, -0.1) is 0 Å². The van der Waals surface area contributed by atoms with Gasteiger partial charge in [0.2, 0.25) is 11.8 Å². The van der Waals surface area contributed by atoms with Gasteiger partial charge in [-0.1, -0.05) is 26.2 Å². The van der Waals surface area contributed by atoms with E-state index < -0.39 is 0 Å². The summed E-state index contributed by atoms with van der Waals surface area (Å²) in [6.07, 6.45) is 6.73. The molecule has 1 aliphatic carbocycles. The van der Waals surface area contributed by atoms with E-state index in [1.807, 2.05) is 0 Å². The Bertz CT molecular complexity index is 309. The van der Waals surface area contributed by atoms with Crippen molar-refractivity contribution in [3.63, 3.8) is 0 Å². The lowest BCUT2D eigenvalue weighted by Gasteiger charge is -2.28. The van der Waals surface area contributed by atoms with Crippen molar-refractivity contribution >= 4 is 11.8 Å². The quantitative estimate of drug-likeness (QED) is 0.795. The fraction of sp³-hybridized carbons (Fsp3) is 0.857. The molecule has 2 N–H and O–H groups in total. The van der Waals surface area contributed by atoms with Gasteiger partial charge in [0.05, 0.1) is 5.92 Å². The molecule has 0 aromatic rings. The third-order valence-corrected chi connectivity index (χ3v) is 4.46. The Morgan fingerprint density at radius 1 is 1.28 bits per heavy atom. The molecule has 4 heteroatoms. The van der Waals surface area contributed by atoms with E-state index in [9.17, 15) is 9.59 Å². The van der Waals surface area contributed by atoms with E-state index in [-0.39, 0.29) is 17.7 Å². The van der Waals surface area contributed by atoms with Crippen LogP contribution in [0.15, 0.2) is 0 Å². The molecule has 0 spiro atoms. The van der Waals surface area contributed by atoms with Crippen molar-refractivity contribution in [2.45, 2.75) is 45.4 Å². The minimum Gasteiger partial charge on any atom is -0.356 e. The third-order valence-electron chi connectivity index (χ3n) is 4.46. The third kappa shape index (κ3) is 3.47. The highest BCUT2D eigenvalue weighted by Crippen LogP contribution is 2.30. The molecule has 0 aromatic carbocycles. The maximum Gasteiger partial charge on any atom is 0.225 e. The van der Waals surface area contributed by atoms with Gasteiger partial charge in [-0.05, 0) is 24.7 Å². The van der Waals surface area contributed by atoms with Gasteiger partial charge in [0.25, 0.3) is 0 Å². The zero-order valence-electron chi connectivity index (χ0n) is 11.2. The smallest absolute Gasteiger partial charge is 0.225 e. The van der Waals surface area contributed by atoms with Gasteiger partial charge in [0, 0.05) is 19.5 Å². The minimum absolute atomic E-state index is 0.00129. The van der Waals surface area contributed by atoms with E-state index in [0.29, 0.717) is 18.9 Å². The van der Waals surface area contributed by atoms with Crippen molar-refractivity contribution in [3.05, 3.63) is 0 Å². The van der Waals surface area contributed by atoms with E-state index in [1.165, 1.54) is 32.1 Å². The number of rotatable bonds is 4. The molecular formula is C14H24N2O2. The van der Waals surface area contributed by atoms with Crippen LogP contribution in [0.25, 0.3) is 0 Å². The Morgan fingerprint density at radius 3 is 2.50 bits per heavy atom. The summed E-state index contributed by atoms with van der Waals surface area (Å²) in [6.45, 7) is 3.56. The minimum atomic E-state index is -0.149. The van der Waals surface area contributed by atoms with Crippen LogP contribution in [0.4, 0.5) is 0 Å². The van der Waals surface area contributed by atoms with Crippen molar-refractivity contribution in [2.24, 2.45) is 17.8 Å². The molecule has 0 aromatic heterocycles. The van der Waals surface area contributed by atoms with Crippen molar-refractivity contribution in [2.75, 3.05) is 13.1 Å². The summed E-state index contributed by atoms with van der Waals surface area (Å²) >= 11 is 0. The van der Waals surface area contributed by atoms with Gasteiger partial charge in [0.15, 0.2) is 0 Å². The number of hydrogen-bond donors (Lipinski definition) is 2. The molecule has 1 heterocycles. The van der Waals surface area contributed by atoms with Crippen molar-refractivity contribution in [1.29, 1.82) is 0 Å². The van der Waals surface area contributed by atoms with Crippen LogP contribution < -0.4 is 10.6 Å². The van der Waals surface area contributed by atoms with E-state index in [0.717, 1.165) is 12.5 Å². The predicted molar refractivity (Wildman–Crippen MR) is 69.9 cm³/mol. The van der Waals surface area contributed by atoms with Crippen LogP contribution in [-0.4, -0.2) is 24.9 Å². The second-order valence-corrected chi connectivity index (χ2v) is 5.75. The van der Waals surface area contributed by atoms with Crippen LogP contribution in [0.2, 0.25) is 0 Å². The van der Waals surface area contributed by atoms with Crippen molar-refractivity contribution < 1.29 is 9.59 Å². The summed E-state index contributed by atoms with van der Waals surface area (Å²) in [5.74, 6) is 1.43. The largest absolute Gasteiger partial charge is 0.356 e. The van der Waals surface area contributed by atoms with Gasteiger partial charge < -0.3 is 10.6 Å². The highest BCUT2D eigenvalue weighted by molar-refractivity contribution is 5.89. The average Bonchev–Trinajstić information content (AvgIpc) is 2.83. The summed E-state index contributed by atoms with van der Waals surface area (Å²) in [7, 11) is 0. The number of nitrogens with one attached hydrogen (secondary N) is 2. The molecule has 102 valence electrons. The normalized spacial score (nSPS) is 32.1. The summed E-state index contributed by atoms with van der Waals surface area (Å²) in [4.78, 5) is 22.9. The van der Waals surface area contributed by atoms with E-state index in [2.05, 4.69) is 17.6 Å². The molecule has 1 aliphatic heterocycles. The summed E-state index contributed by atoms with van der Waals surface area (Å²) in [6, 6.07) is 0. The summed E-state index contributed by atoms with van der Waals surface area (Å²) in [5, 5.41) is 5.72. The highest BCUT2D eigenvalue weighted by Gasteiger charge is 2.28. The molecule has 2 aliphatic rings. The molecular weight excluding hydrogens is 228 g/mol. The van der Waals surface area contributed by atoms with Gasteiger partial charge in [-0.2, -0.15) is 0 Å². The second-order valence-electron chi connectivity index (χ2n) is 5.75. The highest BCUT2D eigenvalue weighted by atomic mass is 16.2. The number of carbonyl (C=O) groups excluding carboxylic acids is 2. The van der Waals surface area contributed by atoms with E-state index in [1.54, 1.807) is 0 Å². The zero-order chi connectivity index (χ0) is 13.0. The van der Waals surface area contributed by atoms with Crippen LogP contribution in [0.1, 0.15) is 45.4 Å². The molecule has 1 saturated heterocycles. The van der Waals surface area contributed by atoms with Gasteiger partial charge >= 0.3 is 0 Å². The second kappa shape index (κ2) is 6.21. The molecule has 4 nitrogen and oxygen atoms in total. The number of carbonyl (C=O) groups is 2. The molecule has 1 unspecified atom stereocenters. The van der Waals surface area contributed by atoms with Crippen molar-refractivity contribution in [3.8, 4) is 0 Å². The average molecular weight is 252 g/mol. The van der Waals surface area contributed by atoms with Crippen molar-refractivity contribution in [1.82, 2.24) is 10.6 Å². The molecule has 2 amide bonds. The van der Waals surface area contributed by atoms with Crippen LogP contribution in [-0.2, 0) is 9.59 Å². The SMILES string of the molecule is CCC1CCC(CNC(=O)C2CNC(=O)C2)CC1. The maximum atomic E-state index is 11.9. The molecule has 0 bridgehead atoms. The topological polar surface area (TPSA) is 58.2 Å². The summed E-state index contributed by atoms with van der Waals surface area (Å²) < 4.78 is 0. The lowest BCUT2D eigenvalue weighted by molar-refractivity contribution is -0.126. The van der Waals surface area contributed by atoms with Crippen LogP contribution in [0, 0.1) is 17.8 Å². The Morgan fingerprint density at radius 2 is 1.94 bits per heavy atom. The molecule has 1 saturated carbocycles. The Balaban J connectivity index is 1.66. The lowest BCUT2D eigenvalue weighted by atomic mass is 9.81. The zero-order valence-corrected chi connectivity index (χ0v) is 11.2. The molecule has 2 fully saturated rings. The number of hydrogen-bond acceptors (Lipinski definition) is 2. The van der Waals surface area contributed by atoms with Gasteiger partial charge in [-0.25, -0.2) is 0 Å². The molecule has 2 rings (SSSR count). The standard InChI is InChI=1S/C14H24N2O2/c1-2-10-3-5-11(6-4-10)8-16-14(18)12-7-13(17)15-9-12/h10-12H,2-9H2,1H3,(H,15,17)(H,16,18). The maximum absolute atomic E-state index is 11.9. The first-order valence-electron chi connectivity index (χ1n) is 7.23. The first-order chi connectivity index (χ1) is 8.69. The van der Waals surface area contributed by atoms with Gasteiger partial charge in [-0.3, -0.25) is 9.59 Å². The summed E-state index contributed by atoms with van der Waals surface area (Å²) in [5.41, 5.74) is 0. The first kappa shape index (κ1) is 13.4. The Hall–Kier alpha value is -1.06. The molecule has 1 atom stereocenters. The van der Waals surface area contributed by atoms with Gasteiger partial charge in [0.1, 0.15) is 0 Å².